The molecule has 4 N–H and O–H groups in total. The molecule has 0 aliphatic carbocycles. The predicted molar refractivity (Wildman–Crippen MR) is 167 cm³/mol. The summed E-state index contributed by atoms with van der Waals surface area (Å²) >= 11 is 0. The van der Waals surface area contributed by atoms with E-state index in [1.165, 1.54) is 36.4 Å². The van der Waals surface area contributed by atoms with Crippen molar-refractivity contribution >= 4 is 33.8 Å². The molecule has 46 heavy (non-hydrogen) atoms. The highest BCUT2D eigenvalue weighted by atomic mass is 16.6. The van der Waals surface area contributed by atoms with E-state index < -0.39 is 21.9 Å². The first-order valence-corrected chi connectivity index (χ1v) is 13.9. The van der Waals surface area contributed by atoms with E-state index in [1.54, 1.807) is 62.4 Å². The zero-order valence-corrected chi connectivity index (χ0v) is 24.4. The molecule has 2 heterocycles. The third-order valence-electron chi connectivity index (χ3n) is 7.53. The fraction of sp³-hybridized carbons (Fsp3) is 0.125. The van der Waals surface area contributed by atoms with Crippen LogP contribution in [0.25, 0.3) is 10.8 Å². The number of phenolic OH excluding ortho intramolecular Hbond substituents is 2. The van der Waals surface area contributed by atoms with E-state index in [2.05, 4.69) is 20.9 Å². The molecule has 0 aliphatic rings. The standard InChI is InChI=1S/C32H26N6O8/c1-17-15-27(35-45-17)33-31(19-3-7-21(8-4-19)37(41)42)29-23-11-14-26(40)30(24(23)12-13-25(29)39)32(34-28-16-18(2)46-36-28)20-5-9-22(10-6-20)38(43)44/h3-16,31-32,39-40H,1-2H3,(H,33,35)(H,34,36)/t31-,32-/m0/s1. The molecule has 2 atom stereocenters. The topological polar surface area (TPSA) is 203 Å². The van der Waals surface area contributed by atoms with Crippen molar-refractivity contribution in [2.45, 2.75) is 25.9 Å². The summed E-state index contributed by atoms with van der Waals surface area (Å²) in [5.41, 5.74) is 1.74. The number of benzene rings is 4. The smallest absolute Gasteiger partial charge is 0.269 e. The highest BCUT2D eigenvalue weighted by Crippen LogP contribution is 2.44. The van der Waals surface area contributed by atoms with Crippen LogP contribution in [0.15, 0.2) is 94.0 Å². The molecule has 0 unspecified atom stereocenters. The maximum Gasteiger partial charge on any atom is 0.269 e. The molecule has 4 aromatic carbocycles. The minimum atomic E-state index is -0.782. The van der Waals surface area contributed by atoms with Crippen LogP contribution in [0, 0.1) is 34.1 Å². The van der Waals surface area contributed by atoms with Gasteiger partial charge in [0.15, 0.2) is 11.6 Å². The summed E-state index contributed by atoms with van der Waals surface area (Å²) in [6, 6.07) is 19.9. The lowest BCUT2D eigenvalue weighted by molar-refractivity contribution is -0.385. The lowest BCUT2D eigenvalue weighted by Gasteiger charge is -2.25. The fourth-order valence-corrected chi connectivity index (χ4v) is 5.42. The van der Waals surface area contributed by atoms with Crippen molar-refractivity contribution in [1.29, 1.82) is 0 Å². The molecule has 6 rings (SSSR count). The summed E-state index contributed by atoms with van der Waals surface area (Å²) in [5.74, 6) is 1.63. The van der Waals surface area contributed by atoms with Crippen molar-refractivity contribution < 1.29 is 29.1 Å². The maximum absolute atomic E-state index is 11.4. The zero-order valence-electron chi connectivity index (χ0n) is 24.4. The molecule has 6 aromatic rings. The van der Waals surface area contributed by atoms with Gasteiger partial charge in [-0.15, -0.1) is 0 Å². The number of anilines is 2. The Bertz CT molecular complexity index is 1920. The van der Waals surface area contributed by atoms with Gasteiger partial charge in [0.25, 0.3) is 11.4 Å². The van der Waals surface area contributed by atoms with Crippen LogP contribution >= 0.6 is 0 Å². The van der Waals surface area contributed by atoms with Crippen LogP contribution in [0.2, 0.25) is 0 Å². The number of nitro benzene ring substituents is 2. The van der Waals surface area contributed by atoms with Gasteiger partial charge < -0.3 is 29.9 Å². The Balaban J connectivity index is 1.56. The Labute approximate surface area is 260 Å². The van der Waals surface area contributed by atoms with Gasteiger partial charge >= 0.3 is 0 Å². The van der Waals surface area contributed by atoms with Crippen molar-refractivity contribution in [3.63, 3.8) is 0 Å². The number of hydrogen-bond acceptors (Lipinski definition) is 12. The second-order valence-corrected chi connectivity index (χ2v) is 10.6. The van der Waals surface area contributed by atoms with Gasteiger partial charge in [0.1, 0.15) is 23.0 Å². The third-order valence-corrected chi connectivity index (χ3v) is 7.53. The molecule has 0 amide bonds. The molecular weight excluding hydrogens is 596 g/mol. The van der Waals surface area contributed by atoms with Crippen LogP contribution in [0.5, 0.6) is 11.5 Å². The largest absolute Gasteiger partial charge is 0.508 e. The fourth-order valence-electron chi connectivity index (χ4n) is 5.42. The van der Waals surface area contributed by atoms with E-state index in [1.807, 2.05) is 0 Å². The summed E-state index contributed by atoms with van der Waals surface area (Å²) in [5, 5.41) is 61.1. The van der Waals surface area contributed by atoms with Gasteiger partial charge in [-0.05, 0) is 72.1 Å². The first kappa shape index (κ1) is 29.6. The van der Waals surface area contributed by atoms with Crippen LogP contribution < -0.4 is 10.6 Å². The molecule has 232 valence electrons. The Morgan fingerprint density at radius 2 is 1.00 bits per heavy atom. The summed E-state index contributed by atoms with van der Waals surface area (Å²) in [7, 11) is 0. The van der Waals surface area contributed by atoms with Gasteiger partial charge in [-0.1, -0.05) is 22.4 Å². The summed E-state index contributed by atoms with van der Waals surface area (Å²) in [6.07, 6.45) is 0. The average molecular weight is 623 g/mol. The molecule has 0 aliphatic heterocycles. The molecule has 0 bridgehead atoms. The van der Waals surface area contributed by atoms with E-state index in [-0.39, 0.29) is 22.9 Å². The Morgan fingerprint density at radius 3 is 1.30 bits per heavy atom. The molecular formula is C32H26N6O8. The van der Waals surface area contributed by atoms with Gasteiger partial charge in [0.2, 0.25) is 0 Å². The van der Waals surface area contributed by atoms with Gasteiger partial charge in [-0.3, -0.25) is 20.2 Å². The predicted octanol–water partition coefficient (Wildman–Crippen LogP) is 7.06. The van der Waals surface area contributed by atoms with E-state index in [4.69, 9.17) is 9.05 Å². The summed E-state index contributed by atoms with van der Waals surface area (Å²) in [4.78, 5) is 21.7. The lowest BCUT2D eigenvalue weighted by atomic mass is 9.87. The van der Waals surface area contributed by atoms with Crippen molar-refractivity contribution in [2.75, 3.05) is 10.6 Å². The number of aromatic nitrogens is 2. The molecule has 0 saturated carbocycles. The van der Waals surface area contributed by atoms with E-state index in [0.29, 0.717) is 56.2 Å². The minimum Gasteiger partial charge on any atom is -0.508 e. The summed E-state index contributed by atoms with van der Waals surface area (Å²) in [6.45, 7) is 3.45. The normalized spacial score (nSPS) is 12.5. The van der Waals surface area contributed by atoms with E-state index in [0.717, 1.165) is 0 Å². The van der Waals surface area contributed by atoms with Crippen molar-refractivity contribution in [3.8, 4) is 11.5 Å². The molecule has 0 radical (unpaired) electrons. The number of nitrogens with zero attached hydrogens (tertiary/aromatic N) is 4. The van der Waals surface area contributed by atoms with Crippen LogP contribution in [0.3, 0.4) is 0 Å². The number of rotatable bonds is 10. The highest BCUT2D eigenvalue weighted by Gasteiger charge is 2.28. The molecule has 14 heteroatoms. The van der Waals surface area contributed by atoms with Crippen molar-refractivity contribution in [2.24, 2.45) is 0 Å². The molecule has 2 aromatic heterocycles. The number of hydrogen-bond donors (Lipinski definition) is 4. The summed E-state index contributed by atoms with van der Waals surface area (Å²) < 4.78 is 10.5. The number of non-ortho nitro benzene ring substituents is 2. The number of aromatic hydroxyl groups is 2. The number of phenols is 2. The first-order chi connectivity index (χ1) is 22.1. The van der Waals surface area contributed by atoms with E-state index in [9.17, 15) is 30.4 Å². The Morgan fingerprint density at radius 1 is 0.630 bits per heavy atom. The Kier molecular flexibility index (Phi) is 7.68. The number of nitrogens with one attached hydrogen (secondary N) is 2. The minimum absolute atomic E-state index is 0.0906. The molecule has 14 nitrogen and oxygen atoms in total. The van der Waals surface area contributed by atoms with Crippen LogP contribution in [-0.4, -0.2) is 30.4 Å². The number of aryl methyl sites for hydroxylation is 2. The highest BCUT2D eigenvalue weighted by molar-refractivity contribution is 5.94. The van der Waals surface area contributed by atoms with Gasteiger partial charge in [0.05, 0.1) is 21.9 Å². The first-order valence-electron chi connectivity index (χ1n) is 13.9. The zero-order chi connectivity index (χ0) is 32.5. The van der Waals surface area contributed by atoms with Gasteiger partial charge in [-0.25, -0.2) is 0 Å². The maximum atomic E-state index is 11.4. The van der Waals surface area contributed by atoms with Crippen LogP contribution in [0.1, 0.15) is 45.9 Å². The van der Waals surface area contributed by atoms with Crippen LogP contribution in [0.4, 0.5) is 23.0 Å². The SMILES string of the molecule is Cc1cc(N[C@@H](c2ccc([N+](=O)[O-])cc2)c2c(O)ccc3c([C@@H](Nc4cc(C)on4)c4ccc([N+](=O)[O-])cc4)c(O)ccc23)no1. The average Bonchev–Trinajstić information content (AvgIpc) is 3.66. The van der Waals surface area contributed by atoms with Crippen molar-refractivity contribution in [3.05, 3.63) is 139 Å². The Hall–Kier alpha value is -6.44. The van der Waals surface area contributed by atoms with Gasteiger partial charge in [-0.2, -0.15) is 0 Å². The van der Waals surface area contributed by atoms with Crippen molar-refractivity contribution in [1.82, 2.24) is 10.3 Å². The number of fused-ring (bicyclic) bond motifs is 1. The molecule has 0 spiro atoms. The quantitative estimate of drug-likeness (QED) is 0.0895. The van der Waals surface area contributed by atoms with E-state index >= 15 is 0 Å². The molecule has 0 saturated heterocycles. The second kappa shape index (κ2) is 11.9. The monoisotopic (exact) mass is 622 g/mol. The lowest BCUT2D eigenvalue weighted by Crippen LogP contribution is -2.16. The molecule has 0 fully saturated rings. The number of nitro groups is 2. The van der Waals surface area contributed by atoms with Gasteiger partial charge in [0, 0.05) is 47.5 Å². The third kappa shape index (κ3) is 5.74. The van der Waals surface area contributed by atoms with Crippen LogP contribution in [-0.2, 0) is 0 Å². The second-order valence-electron chi connectivity index (χ2n) is 10.6.